The minimum absolute atomic E-state index is 0. The summed E-state index contributed by atoms with van der Waals surface area (Å²) in [5, 5.41) is 0. The van der Waals surface area contributed by atoms with Crippen molar-refractivity contribution in [1.82, 2.24) is 9.38 Å². The predicted molar refractivity (Wildman–Crippen MR) is 62.3 cm³/mol. The molecule has 0 amide bonds. The second-order valence-electron chi connectivity index (χ2n) is 2.89. The lowest BCUT2D eigenvalue weighted by Crippen LogP contribution is -2.00. The van der Waals surface area contributed by atoms with E-state index in [1.165, 1.54) is 5.56 Å². The molecule has 2 N–H and O–H groups in total. The van der Waals surface area contributed by atoms with Gasteiger partial charge in [-0.25, -0.2) is 4.98 Å². The summed E-state index contributed by atoms with van der Waals surface area (Å²) >= 11 is 0. The highest BCUT2D eigenvalue weighted by Gasteiger charge is 1.99. The minimum atomic E-state index is 0. The Kier molecular flexibility index (Phi) is 4.91. The van der Waals surface area contributed by atoms with Crippen molar-refractivity contribution in [3.8, 4) is 0 Å². The Morgan fingerprint density at radius 3 is 2.71 bits per heavy atom. The minimum Gasteiger partial charge on any atom is -0.325 e. The van der Waals surface area contributed by atoms with Gasteiger partial charge >= 0.3 is 0 Å². The predicted octanol–water partition coefficient (Wildman–Crippen LogP) is 1.95. The molecule has 2 aromatic heterocycles. The number of fused-ring (bicyclic) bond motifs is 1. The van der Waals surface area contributed by atoms with Gasteiger partial charge in [0.05, 0.1) is 11.9 Å². The zero-order valence-electron chi connectivity index (χ0n) is 7.80. The zero-order chi connectivity index (χ0) is 8.55. The standard InChI is InChI=1S/C9H11N3.2ClH/c1-7-2-3-9-11-5-8(4-10)12(9)6-7;;/h2-3,5-6H,4,10H2,1H3;2*1H. The van der Waals surface area contributed by atoms with E-state index in [4.69, 9.17) is 5.73 Å². The zero-order valence-corrected chi connectivity index (χ0v) is 9.44. The fraction of sp³-hybridized carbons (Fsp3) is 0.222. The van der Waals surface area contributed by atoms with Crippen LogP contribution in [0.1, 0.15) is 11.3 Å². The highest BCUT2D eigenvalue weighted by Crippen LogP contribution is 2.07. The first-order valence-electron chi connectivity index (χ1n) is 3.94. The third-order valence-electron chi connectivity index (χ3n) is 1.94. The van der Waals surface area contributed by atoms with Crippen LogP contribution in [0.2, 0.25) is 0 Å². The Labute approximate surface area is 95.1 Å². The number of aromatic nitrogens is 2. The van der Waals surface area contributed by atoms with Crippen molar-refractivity contribution in [3.63, 3.8) is 0 Å². The van der Waals surface area contributed by atoms with E-state index in [1.54, 1.807) is 0 Å². The average Bonchev–Trinajstić information content (AvgIpc) is 2.46. The fourth-order valence-electron chi connectivity index (χ4n) is 1.29. The van der Waals surface area contributed by atoms with Crippen molar-refractivity contribution in [3.05, 3.63) is 35.8 Å². The van der Waals surface area contributed by atoms with Gasteiger partial charge in [-0.1, -0.05) is 6.07 Å². The molecule has 2 rings (SSSR count). The monoisotopic (exact) mass is 233 g/mol. The molecule has 14 heavy (non-hydrogen) atoms. The van der Waals surface area contributed by atoms with Crippen LogP contribution < -0.4 is 5.73 Å². The third-order valence-corrected chi connectivity index (χ3v) is 1.94. The molecule has 0 unspecified atom stereocenters. The van der Waals surface area contributed by atoms with Gasteiger partial charge < -0.3 is 10.1 Å². The Hall–Kier alpha value is -0.770. The van der Waals surface area contributed by atoms with Gasteiger partial charge in [0.2, 0.25) is 0 Å². The van der Waals surface area contributed by atoms with E-state index >= 15 is 0 Å². The van der Waals surface area contributed by atoms with Crippen molar-refractivity contribution in [2.24, 2.45) is 5.73 Å². The lowest BCUT2D eigenvalue weighted by atomic mass is 10.3. The van der Waals surface area contributed by atoms with E-state index in [0.717, 1.165) is 11.3 Å². The average molecular weight is 234 g/mol. The van der Waals surface area contributed by atoms with Gasteiger partial charge in [-0.15, -0.1) is 24.8 Å². The first kappa shape index (κ1) is 13.2. The van der Waals surface area contributed by atoms with Crippen LogP contribution in [0.3, 0.4) is 0 Å². The number of imidazole rings is 1. The molecule has 0 spiro atoms. The maximum Gasteiger partial charge on any atom is 0.136 e. The highest BCUT2D eigenvalue weighted by molar-refractivity contribution is 5.85. The normalized spacial score (nSPS) is 9.29. The molecule has 0 bridgehead atoms. The topological polar surface area (TPSA) is 43.3 Å². The first-order valence-corrected chi connectivity index (χ1v) is 3.94. The fourth-order valence-corrected chi connectivity index (χ4v) is 1.29. The van der Waals surface area contributed by atoms with Gasteiger partial charge in [0, 0.05) is 12.7 Å². The molecule has 0 fully saturated rings. The summed E-state index contributed by atoms with van der Waals surface area (Å²) in [4.78, 5) is 4.21. The number of halogens is 2. The largest absolute Gasteiger partial charge is 0.325 e. The maximum absolute atomic E-state index is 5.55. The van der Waals surface area contributed by atoms with E-state index < -0.39 is 0 Å². The molecule has 0 saturated carbocycles. The number of rotatable bonds is 1. The maximum atomic E-state index is 5.55. The molecule has 5 heteroatoms. The van der Waals surface area contributed by atoms with Crippen LogP contribution in [0.25, 0.3) is 5.65 Å². The number of nitrogens with zero attached hydrogens (tertiary/aromatic N) is 2. The molecule has 0 aliphatic heterocycles. The number of nitrogens with two attached hydrogens (primary N) is 1. The van der Waals surface area contributed by atoms with E-state index in [1.807, 2.05) is 28.9 Å². The van der Waals surface area contributed by atoms with Gasteiger partial charge in [-0.2, -0.15) is 0 Å². The molecule has 0 saturated heterocycles. The van der Waals surface area contributed by atoms with Crippen LogP contribution in [-0.4, -0.2) is 9.38 Å². The molecule has 78 valence electrons. The Morgan fingerprint density at radius 2 is 2.07 bits per heavy atom. The Morgan fingerprint density at radius 1 is 1.36 bits per heavy atom. The second-order valence-corrected chi connectivity index (χ2v) is 2.89. The number of hydrogen-bond acceptors (Lipinski definition) is 2. The van der Waals surface area contributed by atoms with E-state index in [9.17, 15) is 0 Å². The summed E-state index contributed by atoms with van der Waals surface area (Å²) in [7, 11) is 0. The molecule has 3 nitrogen and oxygen atoms in total. The molecular weight excluding hydrogens is 221 g/mol. The first-order chi connectivity index (χ1) is 5.81. The molecule has 2 aromatic rings. The van der Waals surface area contributed by atoms with Gasteiger partial charge in [-0.05, 0) is 18.6 Å². The number of aryl methyl sites for hydroxylation is 1. The number of pyridine rings is 1. The van der Waals surface area contributed by atoms with Crippen LogP contribution >= 0.6 is 24.8 Å². The summed E-state index contributed by atoms with van der Waals surface area (Å²) in [5.74, 6) is 0. The van der Waals surface area contributed by atoms with Gasteiger partial charge in [0.25, 0.3) is 0 Å². The lowest BCUT2D eigenvalue weighted by Gasteiger charge is -1.98. The highest BCUT2D eigenvalue weighted by atomic mass is 35.5. The molecular formula is C9H13Cl2N3. The Balaban J connectivity index is 0.000000845. The SMILES string of the molecule is Cc1ccc2ncc(CN)n2c1.Cl.Cl. The van der Waals surface area contributed by atoms with Crippen molar-refractivity contribution >= 4 is 30.5 Å². The smallest absolute Gasteiger partial charge is 0.136 e. The molecule has 0 aliphatic rings. The van der Waals surface area contributed by atoms with Gasteiger partial charge in [-0.3, -0.25) is 0 Å². The van der Waals surface area contributed by atoms with Crippen molar-refractivity contribution in [1.29, 1.82) is 0 Å². The van der Waals surface area contributed by atoms with Crippen LogP contribution in [0.5, 0.6) is 0 Å². The Bertz CT molecular complexity index is 411. The quantitative estimate of drug-likeness (QED) is 0.819. The van der Waals surface area contributed by atoms with Gasteiger partial charge in [0.1, 0.15) is 5.65 Å². The van der Waals surface area contributed by atoms with Crippen LogP contribution in [0, 0.1) is 6.92 Å². The van der Waals surface area contributed by atoms with Crippen molar-refractivity contribution in [2.75, 3.05) is 0 Å². The molecule has 0 atom stereocenters. The van der Waals surface area contributed by atoms with Gasteiger partial charge in [0.15, 0.2) is 0 Å². The van der Waals surface area contributed by atoms with Crippen LogP contribution in [0.15, 0.2) is 24.5 Å². The van der Waals surface area contributed by atoms with Crippen LogP contribution in [-0.2, 0) is 6.54 Å². The van der Waals surface area contributed by atoms with E-state index in [0.29, 0.717) is 6.54 Å². The molecule has 0 aromatic carbocycles. The lowest BCUT2D eigenvalue weighted by molar-refractivity contribution is 0.954. The summed E-state index contributed by atoms with van der Waals surface area (Å²) in [6.07, 6.45) is 3.86. The van der Waals surface area contributed by atoms with E-state index in [2.05, 4.69) is 11.9 Å². The third kappa shape index (κ3) is 2.18. The van der Waals surface area contributed by atoms with Crippen LogP contribution in [0.4, 0.5) is 0 Å². The summed E-state index contributed by atoms with van der Waals surface area (Å²) < 4.78 is 2.02. The summed E-state index contributed by atoms with van der Waals surface area (Å²) in [6.45, 7) is 2.59. The van der Waals surface area contributed by atoms with Crippen molar-refractivity contribution in [2.45, 2.75) is 13.5 Å². The number of hydrogen-bond donors (Lipinski definition) is 1. The van der Waals surface area contributed by atoms with E-state index in [-0.39, 0.29) is 24.8 Å². The van der Waals surface area contributed by atoms with Crippen molar-refractivity contribution < 1.29 is 0 Å². The molecule has 2 heterocycles. The molecule has 0 aliphatic carbocycles. The molecule has 0 radical (unpaired) electrons. The summed E-state index contributed by atoms with van der Waals surface area (Å²) in [6, 6.07) is 4.04. The second kappa shape index (κ2) is 5.20. The summed E-state index contributed by atoms with van der Waals surface area (Å²) in [5.41, 5.74) is 8.78.